The third-order valence-electron chi connectivity index (χ3n) is 11.7. The first-order valence-corrected chi connectivity index (χ1v) is 15.8. The Hall–Kier alpha value is -3.68. The molecule has 232 valence electrons. The van der Waals surface area contributed by atoms with Crippen molar-refractivity contribution in [3.05, 3.63) is 131 Å². The number of hydrogen-bond acceptors (Lipinski definition) is 6. The van der Waals surface area contributed by atoms with Crippen LogP contribution in [0.5, 0.6) is 0 Å². The van der Waals surface area contributed by atoms with E-state index in [1.807, 2.05) is 111 Å². The first-order chi connectivity index (χ1) is 21.3. The summed E-state index contributed by atoms with van der Waals surface area (Å²) in [6.07, 6.45) is 3.46. The molecular formula is C39H40O6. The van der Waals surface area contributed by atoms with Crippen molar-refractivity contribution in [2.75, 3.05) is 6.61 Å². The maximum atomic E-state index is 13.7. The molecule has 0 unspecified atom stereocenters. The van der Waals surface area contributed by atoms with Crippen LogP contribution in [0.3, 0.4) is 0 Å². The van der Waals surface area contributed by atoms with Crippen molar-refractivity contribution in [2.45, 2.75) is 56.5 Å². The molecule has 6 nitrogen and oxygen atoms in total. The van der Waals surface area contributed by atoms with Crippen LogP contribution in [0.25, 0.3) is 0 Å². The molecule has 3 aromatic rings. The SMILES string of the molecule is CC1=C[C@H]2[C@]3(O)[C@@H](C=C(COC(c4ccccc4)(c4ccccc4)c4ccccc4)C[C@]2(O)C1=O)[C@@H]1C(=O)[C@](O)([C@H]3C)C1(C)C. The second-order valence-electron chi connectivity index (χ2n) is 14.1. The lowest BCUT2D eigenvalue weighted by Gasteiger charge is -2.71. The molecule has 7 atom stereocenters. The van der Waals surface area contributed by atoms with E-state index in [0.717, 1.165) is 16.7 Å². The summed E-state index contributed by atoms with van der Waals surface area (Å²) in [5.74, 6) is -4.09. The van der Waals surface area contributed by atoms with Gasteiger partial charge in [0, 0.05) is 35.5 Å². The molecule has 0 spiro atoms. The molecular weight excluding hydrogens is 564 g/mol. The van der Waals surface area contributed by atoms with Crippen molar-refractivity contribution in [3.63, 3.8) is 0 Å². The van der Waals surface area contributed by atoms with Crippen LogP contribution < -0.4 is 0 Å². The molecule has 3 aromatic carbocycles. The standard InChI is InChI=1S/C39H40O6/c1-24-20-31-36(42,33(24)40)22-26(21-30-32-34(41)39(44,35(32,3)4)25(2)37(30,31)43)23-45-38(27-14-8-5-9-15-27,28-16-10-6-11-17-28)29-18-12-7-13-19-29/h5-21,25,30-32,42-44H,22-23H2,1-4H3/t25-,30-,31+,32+,36+,37+,39+/m0/s1. The van der Waals surface area contributed by atoms with E-state index in [4.69, 9.17) is 4.74 Å². The highest BCUT2D eigenvalue weighted by molar-refractivity contribution is 6.05. The van der Waals surface area contributed by atoms with E-state index in [1.165, 1.54) is 0 Å². The first kappa shape index (κ1) is 30.0. The fourth-order valence-electron chi connectivity index (χ4n) is 9.40. The second kappa shape index (κ2) is 9.91. The lowest BCUT2D eigenvalue weighted by molar-refractivity contribution is -0.301. The number of Topliss-reactive ketones (excluding diaryl/α,β-unsaturated/α-hetero) is 2. The van der Waals surface area contributed by atoms with Crippen molar-refractivity contribution < 1.29 is 29.6 Å². The number of carbonyl (C=O) groups excluding carboxylic acids is 2. The van der Waals surface area contributed by atoms with Gasteiger partial charge in [0.1, 0.15) is 16.8 Å². The first-order valence-electron chi connectivity index (χ1n) is 15.8. The van der Waals surface area contributed by atoms with E-state index in [9.17, 15) is 24.9 Å². The molecule has 45 heavy (non-hydrogen) atoms. The summed E-state index contributed by atoms with van der Waals surface area (Å²) >= 11 is 0. The molecule has 2 bridgehead atoms. The van der Waals surface area contributed by atoms with Crippen molar-refractivity contribution in [2.24, 2.45) is 29.1 Å². The van der Waals surface area contributed by atoms with E-state index >= 15 is 0 Å². The molecule has 0 aromatic heterocycles. The zero-order valence-electron chi connectivity index (χ0n) is 26.1. The van der Waals surface area contributed by atoms with Crippen LogP contribution in [0.2, 0.25) is 0 Å². The topological polar surface area (TPSA) is 104 Å². The van der Waals surface area contributed by atoms with Crippen LogP contribution in [0.15, 0.2) is 114 Å². The van der Waals surface area contributed by atoms with Crippen molar-refractivity contribution in [1.29, 1.82) is 0 Å². The Labute approximate surface area is 264 Å². The molecule has 3 fully saturated rings. The van der Waals surface area contributed by atoms with Gasteiger partial charge < -0.3 is 20.1 Å². The van der Waals surface area contributed by atoms with Gasteiger partial charge >= 0.3 is 0 Å². The number of ketones is 2. The highest BCUT2D eigenvalue weighted by Crippen LogP contribution is 2.70. The van der Waals surface area contributed by atoms with Crippen LogP contribution >= 0.6 is 0 Å². The molecule has 0 amide bonds. The summed E-state index contributed by atoms with van der Waals surface area (Å²) in [6.45, 7) is 7.07. The Balaban J connectivity index is 1.39. The average molecular weight is 605 g/mol. The number of carbonyl (C=O) groups is 2. The van der Waals surface area contributed by atoms with Gasteiger partial charge in [0.15, 0.2) is 11.6 Å². The molecule has 0 radical (unpaired) electrons. The van der Waals surface area contributed by atoms with E-state index < -0.39 is 57.3 Å². The lowest BCUT2D eigenvalue weighted by atomic mass is 9.34. The highest BCUT2D eigenvalue weighted by atomic mass is 16.5. The second-order valence-corrected chi connectivity index (χ2v) is 14.1. The van der Waals surface area contributed by atoms with E-state index in [2.05, 4.69) is 0 Å². The van der Waals surface area contributed by atoms with Crippen molar-refractivity contribution >= 4 is 11.6 Å². The summed E-state index contributed by atoms with van der Waals surface area (Å²) in [5, 5.41) is 36.7. The van der Waals surface area contributed by atoms with Crippen LogP contribution in [0.1, 0.15) is 50.8 Å². The van der Waals surface area contributed by atoms with Gasteiger partial charge in [0.25, 0.3) is 0 Å². The van der Waals surface area contributed by atoms with E-state index in [-0.39, 0.29) is 18.8 Å². The van der Waals surface area contributed by atoms with Gasteiger partial charge in [-0.2, -0.15) is 0 Å². The predicted octanol–water partition coefficient (Wildman–Crippen LogP) is 5.15. The molecule has 3 N–H and O–H groups in total. The minimum atomic E-state index is -1.95. The number of aliphatic hydroxyl groups is 3. The van der Waals surface area contributed by atoms with Gasteiger partial charge in [0.2, 0.25) is 0 Å². The molecule has 3 saturated carbocycles. The van der Waals surface area contributed by atoms with E-state index in [0.29, 0.717) is 11.1 Å². The molecule has 8 rings (SSSR count). The van der Waals surface area contributed by atoms with Gasteiger partial charge in [-0.05, 0) is 34.8 Å². The van der Waals surface area contributed by atoms with Crippen molar-refractivity contribution in [1.82, 2.24) is 0 Å². The summed E-state index contributed by atoms with van der Waals surface area (Å²) in [5.41, 5.74) is -3.59. The van der Waals surface area contributed by atoms with Crippen molar-refractivity contribution in [3.8, 4) is 0 Å². The highest BCUT2D eigenvalue weighted by Gasteiger charge is 2.82. The Morgan fingerprint density at radius 2 is 1.29 bits per heavy atom. The minimum Gasteiger partial charge on any atom is -0.388 e. The molecule has 0 heterocycles. The predicted molar refractivity (Wildman–Crippen MR) is 170 cm³/mol. The Morgan fingerprint density at radius 3 is 1.76 bits per heavy atom. The molecule has 5 aliphatic carbocycles. The van der Waals surface area contributed by atoms with E-state index in [1.54, 1.807) is 19.9 Å². The number of benzene rings is 3. The largest absolute Gasteiger partial charge is 0.388 e. The number of ether oxygens (including phenoxy) is 1. The van der Waals surface area contributed by atoms with Gasteiger partial charge in [-0.25, -0.2) is 0 Å². The monoisotopic (exact) mass is 604 g/mol. The summed E-state index contributed by atoms with van der Waals surface area (Å²) in [6, 6.07) is 29.8. The number of hydrogen-bond donors (Lipinski definition) is 3. The number of fused-ring (bicyclic) bond motifs is 1. The van der Waals surface area contributed by atoms with Crippen LogP contribution in [-0.2, 0) is 19.9 Å². The summed E-state index contributed by atoms with van der Waals surface area (Å²) in [4.78, 5) is 27.3. The Kier molecular flexibility index (Phi) is 6.61. The Bertz CT molecular complexity index is 1630. The maximum Gasteiger partial charge on any atom is 0.190 e. The fourth-order valence-corrected chi connectivity index (χ4v) is 9.40. The molecule has 0 aliphatic heterocycles. The van der Waals surface area contributed by atoms with Gasteiger partial charge in [-0.1, -0.05) is 124 Å². The van der Waals surface area contributed by atoms with Gasteiger partial charge in [0.05, 0.1) is 12.2 Å². The van der Waals surface area contributed by atoms with Crippen LogP contribution in [-0.4, -0.2) is 50.3 Å². The maximum absolute atomic E-state index is 13.7. The third-order valence-corrected chi connectivity index (χ3v) is 11.7. The third kappa shape index (κ3) is 3.71. The normalized spacial score (nSPS) is 35.0. The minimum absolute atomic E-state index is 0.0204. The van der Waals surface area contributed by atoms with Crippen LogP contribution in [0, 0.1) is 29.1 Å². The fraction of sp³-hybridized carbons (Fsp3) is 0.385. The number of rotatable bonds is 6. The molecule has 6 heteroatoms. The zero-order valence-corrected chi connectivity index (χ0v) is 26.1. The Morgan fingerprint density at radius 1 is 0.800 bits per heavy atom. The zero-order chi connectivity index (χ0) is 32.0. The van der Waals surface area contributed by atoms with Crippen LogP contribution in [0.4, 0.5) is 0 Å². The average Bonchev–Trinajstić information content (AvgIpc) is 3.22. The smallest absolute Gasteiger partial charge is 0.190 e. The quantitative estimate of drug-likeness (QED) is 0.266. The van der Waals surface area contributed by atoms with Gasteiger partial charge in [-0.3, -0.25) is 9.59 Å². The summed E-state index contributed by atoms with van der Waals surface area (Å²) in [7, 11) is 0. The lowest BCUT2D eigenvalue weighted by Crippen LogP contribution is -2.84. The van der Waals surface area contributed by atoms with Gasteiger partial charge in [-0.15, -0.1) is 0 Å². The summed E-state index contributed by atoms with van der Waals surface area (Å²) < 4.78 is 7.10. The molecule has 0 saturated heterocycles. The molecule has 5 aliphatic rings.